The molecule has 4 rings (SSSR count). The zero-order valence-corrected chi connectivity index (χ0v) is 14.6. The minimum Gasteiger partial charge on any atom is -0.493 e. The number of hydrogen-bond donors (Lipinski definition) is 0. The normalized spacial score (nSPS) is 18.8. The highest BCUT2D eigenvalue weighted by Gasteiger charge is 2.47. The smallest absolute Gasteiger partial charge is 0.453 e. The van der Waals surface area contributed by atoms with Crippen LogP contribution in [-0.2, 0) is 6.18 Å². The number of aromatic nitrogens is 3. The molecule has 0 N–H and O–H groups in total. The largest absolute Gasteiger partial charge is 0.493 e. The first-order chi connectivity index (χ1) is 11.9. The second kappa shape index (κ2) is 5.77. The predicted octanol–water partition coefficient (Wildman–Crippen LogP) is 3.60. The summed E-state index contributed by atoms with van der Waals surface area (Å²) in [6.45, 7) is 0. The third-order valence-electron chi connectivity index (χ3n) is 3.72. The number of ether oxygens (including phenoxy) is 2. The van der Waals surface area contributed by atoms with Gasteiger partial charge < -0.3 is 9.47 Å². The Labute approximate surface area is 149 Å². The Hall–Kier alpha value is -2.01. The van der Waals surface area contributed by atoms with E-state index >= 15 is 0 Å². The summed E-state index contributed by atoms with van der Waals surface area (Å²) in [5.41, 5.74) is 0.782. The predicted molar refractivity (Wildman–Crippen MR) is 87.1 cm³/mol. The minimum absolute atomic E-state index is 0.198. The van der Waals surface area contributed by atoms with E-state index in [0.29, 0.717) is 16.5 Å². The van der Waals surface area contributed by atoms with E-state index in [2.05, 4.69) is 10.2 Å². The Morgan fingerprint density at radius 2 is 1.88 bits per heavy atom. The fourth-order valence-corrected chi connectivity index (χ4v) is 4.86. The second-order valence-electron chi connectivity index (χ2n) is 5.12. The summed E-state index contributed by atoms with van der Waals surface area (Å²) in [5.74, 6) is 0.0338. The fourth-order valence-electron chi connectivity index (χ4n) is 2.64. The highest BCUT2D eigenvalue weighted by Crippen LogP contribution is 2.52. The van der Waals surface area contributed by atoms with Gasteiger partial charge in [0, 0.05) is 5.41 Å². The molecule has 0 saturated carbocycles. The lowest BCUT2D eigenvalue weighted by atomic mass is 10.2. The van der Waals surface area contributed by atoms with Crippen molar-refractivity contribution in [3.63, 3.8) is 0 Å². The maximum Gasteiger partial charge on any atom is 0.453 e. The molecule has 0 radical (unpaired) electrons. The summed E-state index contributed by atoms with van der Waals surface area (Å²) in [7, 11) is 3.04. The molecule has 2 aliphatic rings. The van der Waals surface area contributed by atoms with Gasteiger partial charge in [-0.05, 0) is 29.5 Å². The standard InChI is InChI=1S/C14H11F3N4O2S2/c1-22-8-4-3-7(5-9(8)23-2)11-20-10(6-24-11)25-13-19-18-12(21(13)20)14(15,16)17/h3-6,11H,1-2H3/t11-/m1/s1. The van der Waals surface area contributed by atoms with Crippen molar-refractivity contribution in [3.05, 3.63) is 40.0 Å². The van der Waals surface area contributed by atoms with Crippen molar-refractivity contribution < 1.29 is 22.6 Å². The van der Waals surface area contributed by atoms with Gasteiger partial charge in [-0.25, -0.2) is 4.68 Å². The molecule has 0 fully saturated rings. The van der Waals surface area contributed by atoms with E-state index in [9.17, 15) is 13.2 Å². The summed E-state index contributed by atoms with van der Waals surface area (Å²) in [4.78, 5) is 0. The molecule has 0 unspecified atom stereocenters. The maximum atomic E-state index is 13.3. The van der Waals surface area contributed by atoms with Gasteiger partial charge in [-0.15, -0.1) is 10.2 Å². The van der Waals surface area contributed by atoms with E-state index in [4.69, 9.17) is 9.47 Å². The van der Waals surface area contributed by atoms with Crippen molar-refractivity contribution >= 4 is 23.5 Å². The van der Waals surface area contributed by atoms with Crippen LogP contribution >= 0.6 is 23.5 Å². The Morgan fingerprint density at radius 3 is 2.56 bits per heavy atom. The average molecular weight is 388 g/mol. The molecule has 11 heteroatoms. The van der Waals surface area contributed by atoms with Crippen LogP contribution in [0.5, 0.6) is 11.5 Å². The van der Waals surface area contributed by atoms with E-state index in [0.717, 1.165) is 22.0 Å². The fraction of sp³-hybridized carbons (Fsp3) is 0.286. The molecule has 1 atom stereocenters. The molecule has 0 bridgehead atoms. The Morgan fingerprint density at radius 1 is 1.12 bits per heavy atom. The molecule has 0 aliphatic carbocycles. The average Bonchev–Trinajstić information content (AvgIpc) is 3.24. The number of fused-ring (bicyclic) bond motifs is 3. The lowest BCUT2D eigenvalue weighted by molar-refractivity contribution is -0.147. The molecule has 2 aromatic rings. The van der Waals surface area contributed by atoms with Crippen LogP contribution < -0.4 is 14.5 Å². The molecule has 0 spiro atoms. The highest BCUT2D eigenvalue weighted by molar-refractivity contribution is 8.07. The van der Waals surface area contributed by atoms with Crippen molar-refractivity contribution in [3.8, 4) is 11.5 Å². The van der Waals surface area contributed by atoms with Crippen LogP contribution in [0.25, 0.3) is 0 Å². The first kappa shape index (κ1) is 16.5. The zero-order chi connectivity index (χ0) is 17.8. The van der Waals surface area contributed by atoms with Gasteiger partial charge in [-0.2, -0.15) is 13.2 Å². The van der Waals surface area contributed by atoms with E-state index in [-0.39, 0.29) is 10.5 Å². The van der Waals surface area contributed by atoms with Crippen LogP contribution in [0.1, 0.15) is 16.8 Å². The molecule has 132 valence electrons. The summed E-state index contributed by atoms with van der Waals surface area (Å²) < 4.78 is 51.3. The maximum absolute atomic E-state index is 13.3. The first-order valence-electron chi connectivity index (χ1n) is 7.01. The van der Waals surface area contributed by atoms with Crippen LogP contribution in [0.3, 0.4) is 0 Å². The number of hydrogen-bond acceptors (Lipinski definition) is 7. The molecule has 1 aromatic heterocycles. The zero-order valence-electron chi connectivity index (χ0n) is 12.9. The lowest BCUT2D eigenvalue weighted by Gasteiger charge is -2.26. The SMILES string of the molecule is COc1ccc([C@H]2SC=C3Sc4nnc(C(F)(F)F)n4N32)cc1OC. The number of nitrogens with zero attached hydrogens (tertiary/aromatic N) is 4. The second-order valence-corrected chi connectivity index (χ2v) is 7.06. The molecule has 25 heavy (non-hydrogen) atoms. The number of alkyl halides is 3. The van der Waals surface area contributed by atoms with Crippen LogP contribution in [0.15, 0.2) is 33.8 Å². The minimum atomic E-state index is -4.59. The van der Waals surface area contributed by atoms with E-state index in [1.54, 1.807) is 23.2 Å². The molecule has 6 nitrogen and oxygen atoms in total. The molecule has 1 aromatic carbocycles. The van der Waals surface area contributed by atoms with Gasteiger partial charge >= 0.3 is 6.18 Å². The van der Waals surface area contributed by atoms with Crippen molar-refractivity contribution in [2.24, 2.45) is 0 Å². The number of halogens is 3. The monoisotopic (exact) mass is 388 g/mol. The molecule has 3 heterocycles. The van der Waals surface area contributed by atoms with Crippen molar-refractivity contribution in [1.82, 2.24) is 14.9 Å². The van der Waals surface area contributed by atoms with Gasteiger partial charge in [0.05, 0.1) is 14.2 Å². The third-order valence-corrected chi connectivity index (χ3v) is 5.90. The van der Waals surface area contributed by atoms with Crippen LogP contribution in [0.4, 0.5) is 13.2 Å². The van der Waals surface area contributed by atoms with Gasteiger partial charge in [0.1, 0.15) is 10.4 Å². The highest BCUT2D eigenvalue weighted by atomic mass is 32.2. The quantitative estimate of drug-likeness (QED) is 0.796. The van der Waals surface area contributed by atoms with Gasteiger partial charge in [0.15, 0.2) is 11.5 Å². The number of thioether (sulfide) groups is 2. The lowest BCUT2D eigenvalue weighted by Crippen LogP contribution is -2.33. The van der Waals surface area contributed by atoms with Crippen molar-refractivity contribution in [1.29, 1.82) is 0 Å². The topological polar surface area (TPSA) is 52.4 Å². The summed E-state index contributed by atoms with van der Waals surface area (Å²) >= 11 is 2.57. The summed E-state index contributed by atoms with van der Waals surface area (Å²) in [6, 6.07) is 5.29. The van der Waals surface area contributed by atoms with E-state index < -0.39 is 12.0 Å². The summed E-state index contributed by atoms with van der Waals surface area (Å²) in [6.07, 6.45) is -4.59. The van der Waals surface area contributed by atoms with Crippen molar-refractivity contribution in [2.45, 2.75) is 16.7 Å². The Balaban J connectivity index is 1.76. The van der Waals surface area contributed by atoms with E-state index in [1.165, 1.54) is 26.0 Å². The molecule has 2 aliphatic heterocycles. The molecule has 0 saturated heterocycles. The number of benzene rings is 1. The first-order valence-corrected chi connectivity index (χ1v) is 8.77. The Bertz CT molecular complexity index is 868. The van der Waals surface area contributed by atoms with Gasteiger partial charge in [-0.1, -0.05) is 17.8 Å². The molecular formula is C14H11F3N4O2S2. The van der Waals surface area contributed by atoms with Gasteiger partial charge in [0.25, 0.3) is 5.82 Å². The molecule has 0 amide bonds. The van der Waals surface area contributed by atoms with Crippen LogP contribution in [0, 0.1) is 0 Å². The summed E-state index contributed by atoms with van der Waals surface area (Å²) in [5, 5.41) is 10.8. The van der Waals surface area contributed by atoms with Crippen molar-refractivity contribution in [2.75, 3.05) is 19.2 Å². The van der Waals surface area contributed by atoms with Crippen LogP contribution in [0.2, 0.25) is 0 Å². The molecular weight excluding hydrogens is 377 g/mol. The van der Waals surface area contributed by atoms with E-state index in [1.807, 2.05) is 5.41 Å². The van der Waals surface area contributed by atoms with Crippen LogP contribution in [-0.4, -0.2) is 29.1 Å². The van der Waals surface area contributed by atoms with Gasteiger partial charge in [-0.3, -0.25) is 5.01 Å². The van der Waals surface area contributed by atoms with Gasteiger partial charge in [0.2, 0.25) is 5.16 Å². The number of rotatable bonds is 3. The Kier molecular flexibility index (Phi) is 3.80. The third kappa shape index (κ3) is 2.53. The number of methoxy groups -OCH3 is 2.